The molecule has 9 heteroatoms. The van der Waals surface area contributed by atoms with Crippen molar-refractivity contribution >= 4 is 34.9 Å². The van der Waals surface area contributed by atoms with Gasteiger partial charge in [0.2, 0.25) is 0 Å². The van der Waals surface area contributed by atoms with Gasteiger partial charge in [-0.1, -0.05) is 17.7 Å². The lowest BCUT2D eigenvalue weighted by Gasteiger charge is -2.08. The molecule has 0 aliphatic carbocycles. The van der Waals surface area contributed by atoms with E-state index >= 15 is 0 Å². The molecule has 0 saturated heterocycles. The molecule has 0 atom stereocenters. The molecule has 2 N–H and O–H groups in total. The van der Waals surface area contributed by atoms with E-state index in [1.807, 2.05) is 0 Å². The van der Waals surface area contributed by atoms with Crippen molar-refractivity contribution in [2.24, 2.45) is 0 Å². The minimum absolute atomic E-state index is 0.0168. The number of non-ortho nitro benzene ring substituents is 1. The van der Waals surface area contributed by atoms with Gasteiger partial charge in [0, 0.05) is 12.1 Å². The number of amides is 1. The molecule has 0 unspecified atom stereocenters. The van der Waals surface area contributed by atoms with Crippen LogP contribution in [0.5, 0.6) is 5.75 Å². The number of ether oxygens (including phenoxy) is 1. The average molecular weight is 351 g/mol. The number of nitro benzene ring substituents is 1. The normalized spacial score (nSPS) is 10.0. The summed E-state index contributed by atoms with van der Waals surface area (Å²) in [5, 5.41) is 22.2. The van der Waals surface area contributed by atoms with Gasteiger partial charge >= 0.3 is 5.97 Å². The molecule has 24 heavy (non-hydrogen) atoms. The number of phenolic OH excluding ortho intramolecular Hbond substituents is 1. The van der Waals surface area contributed by atoms with E-state index < -0.39 is 23.4 Å². The van der Waals surface area contributed by atoms with E-state index in [0.29, 0.717) is 0 Å². The number of nitrogens with one attached hydrogen (secondary N) is 1. The largest absolute Gasteiger partial charge is 0.508 e. The van der Waals surface area contributed by atoms with Gasteiger partial charge in [-0.05, 0) is 24.3 Å². The molecule has 1 amide bonds. The summed E-state index contributed by atoms with van der Waals surface area (Å²) in [6, 6.07) is 9.02. The zero-order chi connectivity index (χ0) is 17.7. The van der Waals surface area contributed by atoms with Crippen molar-refractivity contribution in [3.8, 4) is 5.75 Å². The Bertz CT molecular complexity index is 808. The number of carbonyl (C=O) groups excluding carboxylic acids is 2. The summed E-state index contributed by atoms with van der Waals surface area (Å²) in [6.45, 7) is -0.582. The van der Waals surface area contributed by atoms with Crippen LogP contribution >= 0.6 is 11.6 Å². The molecule has 8 nitrogen and oxygen atoms in total. The molecular formula is C15H11ClN2O6. The third-order valence-electron chi connectivity index (χ3n) is 2.85. The van der Waals surface area contributed by atoms with Gasteiger partial charge in [-0.25, -0.2) is 4.79 Å². The number of rotatable bonds is 5. The van der Waals surface area contributed by atoms with Crippen LogP contribution in [0.15, 0.2) is 42.5 Å². The van der Waals surface area contributed by atoms with Crippen molar-refractivity contribution in [1.29, 1.82) is 0 Å². The van der Waals surface area contributed by atoms with Crippen molar-refractivity contribution in [2.45, 2.75) is 0 Å². The summed E-state index contributed by atoms with van der Waals surface area (Å²) in [4.78, 5) is 33.5. The van der Waals surface area contributed by atoms with Crippen molar-refractivity contribution in [2.75, 3.05) is 11.9 Å². The summed E-state index contributed by atoms with van der Waals surface area (Å²) < 4.78 is 4.81. The molecule has 0 bridgehead atoms. The number of halogens is 1. The van der Waals surface area contributed by atoms with Crippen LogP contribution in [0.25, 0.3) is 0 Å². The Kier molecular flexibility index (Phi) is 5.33. The third kappa shape index (κ3) is 4.43. The van der Waals surface area contributed by atoms with Gasteiger partial charge in [-0.3, -0.25) is 14.9 Å². The number of hydrogen-bond acceptors (Lipinski definition) is 6. The van der Waals surface area contributed by atoms with Crippen molar-refractivity contribution in [3.05, 3.63) is 63.2 Å². The first-order chi connectivity index (χ1) is 11.4. The number of anilines is 1. The highest BCUT2D eigenvalue weighted by Crippen LogP contribution is 2.26. The van der Waals surface area contributed by atoms with Crippen LogP contribution in [-0.4, -0.2) is 28.5 Å². The number of nitro groups is 1. The fraction of sp³-hybridized carbons (Fsp3) is 0.0667. The van der Waals surface area contributed by atoms with E-state index in [1.165, 1.54) is 36.4 Å². The highest BCUT2D eigenvalue weighted by atomic mass is 35.5. The molecule has 0 radical (unpaired) electrons. The maximum Gasteiger partial charge on any atom is 0.338 e. The molecule has 2 aromatic carbocycles. The first kappa shape index (κ1) is 17.2. The Hall–Kier alpha value is -3.13. The van der Waals surface area contributed by atoms with Gasteiger partial charge in [-0.2, -0.15) is 0 Å². The quantitative estimate of drug-likeness (QED) is 0.486. The van der Waals surface area contributed by atoms with Crippen molar-refractivity contribution in [1.82, 2.24) is 0 Å². The van der Waals surface area contributed by atoms with E-state index in [2.05, 4.69) is 5.32 Å². The topological polar surface area (TPSA) is 119 Å². The molecule has 2 aromatic rings. The van der Waals surface area contributed by atoms with Gasteiger partial charge < -0.3 is 15.2 Å². The van der Waals surface area contributed by atoms with Crippen LogP contribution in [0.3, 0.4) is 0 Å². The van der Waals surface area contributed by atoms with Crippen LogP contribution in [0.2, 0.25) is 5.02 Å². The standard InChI is InChI=1S/C15H11ClN2O6/c16-12-7-10(18(22)23)4-5-13(12)17-14(20)8-24-15(21)9-2-1-3-11(19)6-9/h1-7,19H,8H2,(H,17,20). The fourth-order valence-corrected chi connectivity index (χ4v) is 1.97. The SMILES string of the molecule is O=C(COC(=O)c1cccc(O)c1)Nc1ccc([N+](=O)[O-])cc1Cl. The summed E-state index contributed by atoms with van der Waals surface area (Å²) in [5.74, 6) is -1.55. The number of phenols is 1. The van der Waals surface area contributed by atoms with Crippen LogP contribution < -0.4 is 5.32 Å². The minimum atomic E-state index is -0.782. The molecule has 0 heterocycles. The third-order valence-corrected chi connectivity index (χ3v) is 3.17. The monoisotopic (exact) mass is 350 g/mol. The zero-order valence-electron chi connectivity index (χ0n) is 12.1. The molecule has 0 aromatic heterocycles. The maximum atomic E-state index is 11.8. The number of benzene rings is 2. The smallest absolute Gasteiger partial charge is 0.338 e. The Labute approximate surface area is 140 Å². The Morgan fingerprint density at radius 1 is 1.25 bits per heavy atom. The van der Waals surface area contributed by atoms with Gasteiger partial charge in [0.1, 0.15) is 5.75 Å². The predicted molar refractivity (Wildman–Crippen MR) is 85.1 cm³/mol. The zero-order valence-corrected chi connectivity index (χ0v) is 12.8. The Morgan fingerprint density at radius 3 is 2.62 bits per heavy atom. The van der Waals surface area contributed by atoms with Crippen LogP contribution in [0, 0.1) is 10.1 Å². The minimum Gasteiger partial charge on any atom is -0.508 e. The second-order valence-electron chi connectivity index (χ2n) is 4.60. The van der Waals surface area contributed by atoms with Gasteiger partial charge in [0.15, 0.2) is 6.61 Å². The van der Waals surface area contributed by atoms with E-state index in [1.54, 1.807) is 0 Å². The predicted octanol–water partition coefficient (Wildman–Crippen LogP) is 2.75. The van der Waals surface area contributed by atoms with Crippen LogP contribution in [0.1, 0.15) is 10.4 Å². The summed E-state index contributed by atoms with van der Waals surface area (Å²) >= 11 is 5.84. The van der Waals surface area contributed by atoms with E-state index in [9.17, 15) is 24.8 Å². The number of esters is 1. The molecular weight excluding hydrogens is 340 g/mol. The van der Waals surface area contributed by atoms with Gasteiger partial charge in [0.05, 0.1) is 21.2 Å². The fourth-order valence-electron chi connectivity index (χ4n) is 1.75. The first-order valence-corrected chi connectivity index (χ1v) is 6.94. The number of hydrogen-bond donors (Lipinski definition) is 2. The van der Waals surface area contributed by atoms with Crippen molar-refractivity contribution in [3.63, 3.8) is 0 Å². The summed E-state index contributed by atoms with van der Waals surface area (Å²) in [7, 11) is 0. The number of carbonyl (C=O) groups is 2. The summed E-state index contributed by atoms with van der Waals surface area (Å²) in [6.07, 6.45) is 0. The Morgan fingerprint density at radius 2 is 2.00 bits per heavy atom. The van der Waals surface area contributed by atoms with Crippen molar-refractivity contribution < 1.29 is 24.4 Å². The molecule has 124 valence electrons. The Balaban J connectivity index is 1.94. The number of nitrogens with zero attached hydrogens (tertiary/aromatic N) is 1. The second kappa shape index (κ2) is 7.42. The lowest BCUT2D eigenvalue weighted by molar-refractivity contribution is -0.384. The van der Waals surface area contributed by atoms with Gasteiger partial charge in [-0.15, -0.1) is 0 Å². The highest BCUT2D eigenvalue weighted by Gasteiger charge is 2.14. The lowest BCUT2D eigenvalue weighted by atomic mass is 10.2. The second-order valence-corrected chi connectivity index (χ2v) is 5.00. The lowest BCUT2D eigenvalue weighted by Crippen LogP contribution is -2.21. The van der Waals surface area contributed by atoms with Gasteiger partial charge in [0.25, 0.3) is 11.6 Å². The first-order valence-electron chi connectivity index (χ1n) is 6.57. The average Bonchev–Trinajstić information content (AvgIpc) is 2.54. The van der Waals surface area contributed by atoms with E-state index in [0.717, 1.165) is 6.07 Å². The molecule has 2 rings (SSSR count). The molecule has 0 fully saturated rings. The molecule has 0 spiro atoms. The van der Waals surface area contributed by atoms with E-state index in [-0.39, 0.29) is 27.7 Å². The molecule has 0 saturated carbocycles. The van der Waals surface area contributed by atoms with E-state index in [4.69, 9.17) is 16.3 Å². The maximum absolute atomic E-state index is 11.8. The van der Waals surface area contributed by atoms with Crippen LogP contribution in [0.4, 0.5) is 11.4 Å². The number of aromatic hydroxyl groups is 1. The molecule has 0 aliphatic rings. The highest BCUT2D eigenvalue weighted by molar-refractivity contribution is 6.34. The summed E-state index contributed by atoms with van der Waals surface area (Å²) in [5.41, 5.74) is 0.0325. The van der Waals surface area contributed by atoms with Crippen LogP contribution in [-0.2, 0) is 9.53 Å². The molecule has 0 aliphatic heterocycles.